The van der Waals surface area contributed by atoms with Gasteiger partial charge < -0.3 is 14.2 Å². The SMILES string of the molecule is CC1N(C)c2cc3c(cc2C1(C)C)P(=S)(N1CCOCC1)OC(c1cccs1)=N3. The Morgan fingerprint density at radius 2 is 2.03 bits per heavy atom. The third-order valence-electron chi connectivity index (χ3n) is 6.62. The van der Waals surface area contributed by atoms with E-state index in [2.05, 4.69) is 61.0 Å². The van der Waals surface area contributed by atoms with Gasteiger partial charge in [0.05, 0.1) is 29.1 Å². The molecule has 8 heteroatoms. The van der Waals surface area contributed by atoms with Gasteiger partial charge in [0, 0.05) is 37.3 Å². The van der Waals surface area contributed by atoms with Crippen LogP contribution in [0.2, 0.25) is 0 Å². The highest BCUT2D eigenvalue weighted by Gasteiger charge is 2.45. The van der Waals surface area contributed by atoms with Gasteiger partial charge in [-0.15, -0.1) is 11.3 Å². The predicted molar refractivity (Wildman–Crippen MR) is 125 cm³/mol. The Hall–Kier alpha value is -1.24. The Morgan fingerprint density at radius 1 is 1.28 bits per heavy atom. The minimum Gasteiger partial charge on any atom is -0.430 e. The fraction of sp³-hybridized carbons (Fsp3) is 0.476. The predicted octanol–water partition coefficient (Wildman–Crippen LogP) is 4.24. The van der Waals surface area contributed by atoms with E-state index in [0.29, 0.717) is 25.2 Å². The van der Waals surface area contributed by atoms with Crippen molar-refractivity contribution in [2.75, 3.05) is 38.3 Å². The molecule has 1 aromatic heterocycles. The van der Waals surface area contributed by atoms with Gasteiger partial charge in [0.25, 0.3) is 0 Å². The van der Waals surface area contributed by atoms with Crippen LogP contribution in [0.4, 0.5) is 11.4 Å². The lowest BCUT2D eigenvalue weighted by molar-refractivity contribution is 0.0723. The lowest BCUT2D eigenvalue weighted by Gasteiger charge is -2.39. The van der Waals surface area contributed by atoms with Crippen LogP contribution in [0.5, 0.6) is 0 Å². The zero-order valence-corrected chi connectivity index (χ0v) is 19.7. The molecule has 4 heterocycles. The Labute approximate surface area is 181 Å². The topological polar surface area (TPSA) is 37.3 Å². The van der Waals surface area contributed by atoms with Crippen LogP contribution in [0.15, 0.2) is 34.6 Å². The summed E-state index contributed by atoms with van der Waals surface area (Å²) < 4.78 is 14.5. The number of nitrogens with zero attached hydrogens (tertiary/aromatic N) is 3. The Bertz CT molecular complexity index is 1030. The van der Waals surface area contributed by atoms with Crippen molar-refractivity contribution in [2.24, 2.45) is 4.99 Å². The van der Waals surface area contributed by atoms with Crippen molar-refractivity contribution in [3.63, 3.8) is 0 Å². The van der Waals surface area contributed by atoms with Crippen molar-refractivity contribution in [1.82, 2.24) is 4.67 Å². The van der Waals surface area contributed by atoms with E-state index >= 15 is 0 Å². The number of aliphatic imine (C=N–C) groups is 1. The summed E-state index contributed by atoms with van der Waals surface area (Å²) in [6.07, 6.45) is -2.46. The number of fused-ring (bicyclic) bond motifs is 2. The van der Waals surface area contributed by atoms with Crippen LogP contribution in [0.1, 0.15) is 31.2 Å². The summed E-state index contributed by atoms with van der Waals surface area (Å²) in [6.45, 7) is 9.89. The number of hydrogen-bond donors (Lipinski definition) is 0. The van der Waals surface area contributed by atoms with Crippen LogP contribution in [0.25, 0.3) is 0 Å². The van der Waals surface area contributed by atoms with E-state index in [0.717, 1.165) is 29.0 Å². The van der Waals surface area contributed by atoms with Gasteiger partial charge in [0.15, 0.2) is 0 Å². The first-order chi connectivity index (χ1) is 13.8. The molecule has 5 nitrogen and oxygen atoms in total. The monoisotopic (exact) mass is 447 g/mol. The molecule has 1 fully saturated rings. The summed E-state index contributed by atoms with van der Waals surface area (Å²) in [5.41, 5.74) is 3.60. The molecule has 5 rings (SSSR count). The molecule has 3 aliphatic heterocycles. The summed E-state index contributed by atoms with van der Waals surface area (Å²) in [5.74, 6) is 0.662. The standard InChI is InChI=1S/C21H26N3O2PS2/c1-14-21(2,3)15-12-18-16(13-17(15)23(14)4)22-20(19-6-5-11-29-19)26-27(18,28)24-7-9-25-10-8-24/h5-6,11-14H,7-10H2,1-4H3. The van der Waals surface area contributed by atoms with Crippen LogP contribution in [0.3, 0.4) is 0 Å². The molecule has 3 aliphatic rings. The Morgan fingerprint density at radius 3 is 2.72 bits per heavy atom. The number of rotatable bonds is 2. The maximum atomic E-state index is 6.61. The number of hydrogen-bond acceptors (Lipinski definition) is 6. The average Bonchev–Trinajstić information content (AvgIpc) is 3.31. The van der Waals surface area contributed by atoms with Crippen molar-refractivity contribution < 1.29 is 9.26 Å². The quantitative estimate of drug-likeness (QED) is 0.644. The average molecular weight is 448 g/mol. The molecule has 0 aliphatic carbocycles. The maximum Gasteiger partial charge on any atom is 0.236 e. The maximum absolute atomic E-state index is 6.61. The third kappa shape index (κ3) is 2.94. The molecule has 2 unspecified atom stereocenters. The lowest BCUT2D eigenvalue weighted by Crippen LogP contribution is -2.39. The summed E-state index contributed by atoms with van der Waals surface area (Å²) in [4.78, 5) is 8.34. The third-order valence-corrected chi connectivity index (χ3v) is 11.5. The second-order valence-corrected chi connectivity index (χ2v) is 13.1. The van der Waals surface area contributed by atoms with E-state index in [1.807, 2.05) is 6.07 Å². The molecule has 0 amide bonds. The first-order valence-corrected chi connectivity index (χ1v) is 13.5. The number of anilines is 1. The van der Waals surface area contributed by atoms with E-state index in [1.165, 1.54) is 11.3 Å². The minimum atomic E-state index is -2.46. The van der Waals surface area contributed by atoms with E-state index in [9.17, 15) is 0 Å². The van der Waals surface area contributed by atoms with Crippen molar-refractivity contribution in [3.8, 4) is 0 Å². The van der Waals surface area contributed by atoms with Gasteiger partial charge in [-0.25, -0.2) is 9.66 Å². The zero-order valence-electron chi connectivity index (χ0n) is 17.2. The molecule has 0 spiro atoms. The van der Waals surface area contributed by atoms with Crippen LogP contribution < -0.4 is 10.2 Å². The van der Waals surface area contributed by atoms with Crippen molar-refractivity contribution in [1.29, 1.82) is 0 Å². The van der Waals surface area contributed by atoms with E-state index in [-0.39, 0.29) is 5.41 Å². The molecule has 0 N–H and O–H groups in total. The van der Waals surface area contributed by atoms with E-state index < -0.39 is 6.42 Å². The summed E-state index contributed by atoms with van der Waals surface area (Å²) in [5, 5.41) is 3.14. The van der Waals surface area contributed by atoms with Crippen LogP contribution in [-0.2, 0) is 26.5 Å². The van der Waals surface area contributed by atoms with Gasteiger partial charge in [0.2, 0.25) is 12.3 Å². The molecule has 0 bridgehead atoms. The van der Waals surface area contributed by atoms with Gasteiger partial charge in [-0.05, 0) is 47.9 Å². The van der Waals surface area contributed by atoms with Gasteiger partial charge in [-0.1, -0.05) is 19.9 Å². The fourth-order valence-electron chi connectivity index (χ4n) is 4.43. The van der Waals surface area contributed by atoms with Crippen molar-refractivity contribution >= 4 is 52.1 Å². The fourth-order valence-corrected chi connectivity index (χ4v) is 8.56. The summed E-state index contributed by atoms with van der Waals surface area (Å²) >= 11 is 7.99. The Balaban J connectivity index is 1.72. The van der Waals surface area contributed by atoms with Crippen LogP contribution >= 0.6 is 17.8 Å². The van der Waals surface area contributed by atoms with Gasteiger partial charge in [0.1, 0.15) is 0 Å². The van der Waals surface area contributed by atoms with Crippen molar-refractivity contribution in [3.05, 3.63) is 40.1 Å². The van der Waals surface area contributed by atoms with E-state index in [4.69, 9.17) is 26.1 Å². The minimum absolute atomic E-state index is 0.0437. The molecule has 29 heavy (non-hydrogen) atoms. The number of likely N-dealkylation sites (N-methyl/N-ethyl adjacent to an activating group) is 1. The molecule has 1 aromatic carbocycles. The smallest absolute Gasteiger partial charge is 0.236 e. The molecule has 154 valence electrons. The van der Waals surface area contributed by atoms with Gasteiger partial charge in [-0.2, -0.15) is 0 Å². The molecule has 2 atom stereocenters. The molecule has 1 saturated heterocycles. The van der Waals surface area contributed by atoms with Gasteiger partial charge in [-0.3, -0.25) is 0 Å². The molecular weight excluding hydrogens is 421 g/mol. The number of ether oxygens (including phenoxy) is 1. The lowest BCUT2D eigenvalue weighted by atomic mass is 9.81. The molecule has 2 aromatic rings. The number of benzene rings is 1. The summed E-state index contributed by atoms with van der Waals surface area (Å²) in [7, 11) is 2.17. The molecule has 0 radical (unpaired) electrons. The molecule has 0 saturated carbocycles. The van der Waals surface area contributed by atoms with Gasteiger partial charge >= 0.3 is 0 Å². The van der Waals surface area contributed by atoms with Crippen LogP contribution in [0, 0.1) is 0 Å². The zero-order chi connectivity index (χ0) is 20.4. The summed E-state index contributed by atoms with van der Waals surface area (Å²) in [6, 6.07) is 9.02. The Kier molecular flexibility index (Phi) is 4.68. The first kappa shape index (κ1) is 19.7. The normalized spacial score (nSPS) is 28.5. The second-order valence-electron chi connectivity index (χ2n) is 8.44. The first-order valence-electron chi connectivity index (χ1n) is 9.99. The van der Waals surface area contributed by atoms with E-state index in [1.54, 1.807) is 11.3 Å². The number of morpholine rings is 1. The largest absolute Gasteiger partial charge is 0.430 e. The second kappa shape index (κ2) is 6.89. The highest BCUT2D eigenvalue weighted by molar-refractivity contribution is 8.15. The van der Waals surface area contributed by atoms with Crippen LogP contribution in [-0.4, -0.2) is 50.0 Å². The highest BCUT2D eigenvalue weighted by Crippen LogP contribution is 2.58. The molecular formula is C21H26N3O2PS2. The highest BCUT2D eigenvalue weighted by atomic mass is 32.4. The van der Waals surface area contributed by atoms with Crippen molar-refractivity contribution in [2.45, 2.75) is 32.2 Å². The number of thiophene rings is 1.